The van der Waals surface area contributed by atoms with Crippen LogP contribution >= 0.6 is 0 Å². The zero-order valence-corrected chi connectivity index (χ0v) is 15.0. The number of anilines is 1. The third-order valence-corrected chi connectivity index (χ3v) is 4.06. The molecule has 0 saturated carbocycles. The van der Waals surface area contributed by atoms with Gasteiger partial charge in [-0.2, -0.15) is 5.10 Å². The molecule has 0 saturated heterocycles. The van der Waals surface area contributed by atoms with Gasteiger partial charge in [0.1, 0.15) is 11.5 Å². The fraction of sp³-hybridized carbons (Fsp3) is 0.0952. The standard InChI is InChI=1S/C21H19N3O3/c1-15-6-9-21(12-16(15)2)27-20-10-7-17(8-11-20)14-22-23-18-4-3-5-19(13-18)24(25)26/h3-14,23H,1-2H3. The Morgan fingerprint density at radius 1 is 0.963 bits per heavy atom. The minimum absolute atomic E-state index is 0.0167. The van der Waals surface area contributed by atoms with Crippen molar-refractivity contribution in [3.05, 3.63) is 93.5 Å². The lowest BCUT2D eigenvalue weighted by Crippen LogP contribution is -1.93. The second-order valence-corrected chi connectivity index (χ2v) is 6.09. The van der Waals surface area contributed by atoms with Crippen molar-refractivity contribution in [1.82, 2.24) is 0 Å². The van der Waals surface area contributed by atoms with Gasteiger partial charge in [-0.05, 0) is 73.0 Å². The maximum atomic E-state index is 10.8. The van der Waals surface area contributed by atoms with Crippen LogP contribution in [0.4, 0.5) is 11.4 Å². The zero-order valence-electron chi connectivity index (χ0n) is 15.0. The Hall–Kier alpha value is -3.67. The van der Waals surface area contributed by atoms with Crippen molar-refractivity contribution in [3.8, 4) is 11.5 Å². The number of aryl methyl sites for hydroxylation is 2. The van der Waals surface area contributed by atoms with Crippen LogP contribution in [0.5, 0.6) is 11.5 Å². The fourth-order valence-corrected chi connectivity index (χ4v) is 2.41. The number of nitrogens with zero attached hydrogens (tertiary/aromatic N) is 2. The molecule has 0 aliphatic heterocycles. The summed E-state index contributed by atoms with van der Waals surface area (Å²) in [4.78, 5) is 10.3. The molecule has 0 atom stereocenters. The van der Waals surface area contributed by atoms with Crippen molar-refractivity contribution in [1.29, 1.82) is 0 Å². The third-order valence-electron chi connectivity index (χ3n) is 4.06. The lowest BCUT2D eigenvalue weighted by atomic mass is 10.1. The third kappa shape index (κ3) is 4.92. The van der Waals surface area contributed by atoms with Crippen LogP contribution in [-0.4, -0.2) is 11.1 Å². The molecule has 136 valence electrons. The molecule has 0 unspecified atom stereocenters. The van der Waals surface area contributed by atoms with Crippen LogP contribution in [-0.2, 0) is 0 Å². The first-order valence-corrected chi connectivity index (χ1v) is 8.40. The van der Waals surface area contributed by atoms with E-state index in [9.17, 15) is 10.1 Å². The van der Waals surface area contributed by atoms with Crippen LogP contribution in [0.3, 0.4) is 0 Å². The highest BCUT2D eigenvalue weighted by Crippen LogP contribution is 2.23. The molecule has 0 fully saturated rings. The van der Waals surface area contributed by atoms with Gasteiger partial charge >= 0.3 is 0 Å². The highest BCUT2D eigenvalue weighted by atomic mass is 16.6. The van der Waals surface area contributed by atoms with Crippen LogP contribution in [0.1, 0.15) is 16.7 Å². The number of rotatable bonds is 6. The Labute approximate surface area is 157 Å². The van der Waals surface area contributed by atoms with E-state index >= 15 is 0 Å². The predicted molar refractivity (Wildman–Crippen MR) is 107 cm³/mol. The maximum absolute atomic E-state index is 10.8. The molecule has 6 nitrogen and oxygen atoms in total. The van der Waals surface area contributed by atoms with Crippen molar-refractivity contribution in [2.75, 3.05) is 5.43 Å². The summed E-state index contributed by atoms with van der Waals surface area (Å²) in [6.07, 6.45) is 1.64. The van der Waals surface area contributed by atoms with Gasteiger partial charge in [0.15, 0.2) is 0 Å². The minimum Gasteiger partial charge on any atom is -0.457 e. The van der Waals surface area contributed by atoms with E-state index in [1.54, 1.807) is 18.3 Å². The summed E-state index contributed by atoms with van der Waals surface area (Å²) < 4.78 is 5.85. The largest absolute Gasteiger partial charge is 0.457 e. The van der Waals surface area contributed by atoms with Gasteiger partial charge in [-0.15, -0.1) is 0 Å². The van der Waals surface area contributed by atoms with Crippen molar-refractivity contribution >= 4 is 17.6 Å². The van der Waals surface area contributed by atoms with Crippen LogP contribution in [0.2, 0.25) is 0 Å². The van der Waals surface area contributed by atoms with Gasteiger partial charge in [0, 0.05) is 12.1 Å². The second-order valence-electron chi connectivity index (χ2n) is 6.09. The highest BCUT2D eigenvalue weighted by molar-refractivity contribution is 5.80. The number of nitro groups is 1. The number of non-ortho nitro benzene ring substituents is 1. The topological polar surface area (TPSA) is 76.8 Å². The smallest absolute Gasteiger partial charge is 0.271 e. The van der Waals surface area contributed by atoms with E-state index < -0.39 is 4.92 Å². The Balaban J connectivity index is 1.61. The summed E-state index contributed by atoms with van der Waals surface area (Å²) in [5.41, 5.74) is 6.64. The lowest BCUT2D eigenvalue weighted by Gasteiger charge is -2.08. The minimum atomic E-state index is -0.441. The van der Waals surface area contributed by atoms with E-state index in [0.717, 1.165) is 17.1 Å². The first-order chi connectivity index (χ1) is 13.0. The quantitative estimate of drug-likeness (QED) is 0.360. The molecule has 27 heavy (non-hydrogen) atoms. The fourth-order valence-electron chi connectivity index (χ4n) is 2.41. The van der Waals surface area contributed by atoms with Crippen LogP contribution < -0.4 is 10.2 Å². The van der Waals surface area contributed by atoms with Gasteiger partial charge in [-0.1, -0.05) is 12.1 Å². The Bertz CT molecular complexity index is 982. The van der Waals surface area contributed by atoms with Gasteiger partial charge < -0.3 is 4.74 Å². The van der Waals surface area contributed by atoms with Gasteiger partial charge in [-0.3, -0.25) is 15.5 Å². The molecule has 3 aromatic rings. The van der Waals surface area contributed by atoms with E-state index in [1.165, 1.54) is 23.3 Å². The van der Waals surface area contributed by atoms with Gasteiger partial charge in [0.05, 0.1) is 16.8 Å². The van der Waals surface area contributed by atoms with E-state index in [4.69, 9.17) is 4.74 Å². The van der Waals surface area contributed by atoms with Gasteiger partial charge in [0.25, 0.3) is 5.69 Å². The van der Waals surface area contributed by atoms with Crippen LogP contribution in [0.25, 0.3) is 0 Å². The van der Waals surface area contributed by atoms with E-state index in [1.807, 2.05) is 42.5 Å². The molecule has 3 aromatic carbocycles. The van der Waals surface area contributed by atoms with Crippen LogP contribution in [0.15, 0.2) is 71.8 Å². The molecule has 0 aliphatic rings. The van der Waals surface area contributed by atoms with E-state index in [-0.39, 0.29) is 5.69 Å². The molecule has 0 amide bonds. The molecule has 0 aromatic heterocycles. The number of hydrogen-bond acceptors (Lipinski definition) is 5. The summed E-state index contributed by atoms with van der Waals surface area (Å²) in [5, 5.41) is 14.9. The SMILES string of the molecule is Cc1ccc(Oc2ccc(C=NNc3cccc([N+](=O)[O-])c3)cc2)cc1C. The summed E-state index contributed by atoms with van der Waals surface area (Å²) >= 11 is 0. The Morgan fingerprint density at radius 3 is 2.41 bits per heavy atom. The highest BCUT2D eigenvalue weighted by Gasteiger charge is 2.04. The molecule has 1 N–H and O–H groups in total. The van der Waals surface area contributed by atoms with Crippen molar-refractivity contribution in [2.45, 2.75) is 13.8 Å². The molecular formula is C21H19N3O3. The Morgan fingerprint density at radius 2 is 1.70 bits per heavy atom. The molecule has 3 rings (SSSR count). The number of benzene rings is 3. The first-order valence-electron chi connectivity index (χ1n) is 8.40. The number of nitro benzene ring substituents is 1. The van der Waals surface area contributed by atoms with E-state index in [0.29, 0.717) is 5.69 Å². The first kappa shape index (κ1) is 18.1. The van der Waals surface area contributed by atoms with Crippen LogP contribution in [0, 0.1) is 24.0 Å². The summed E-state index contributed by atoms with van der Waals surface area (Å²) in [7, 11) is 0. The molecule has 0 heterocycles. The lowest BCUT2D eigenvalue weighted by molar-refractivity contribution is -0.384. The summed E-state index contributed by atoms with van der Waals surface area (Å²) in [6, 6.07) is 19.7. The summed E-state index contributed by atoms with van der Waals surface area (Å²) in [6.45, 7) is 4.12. The van der Waals surface area contributed by atoms with Crippen molar-refractivity contribution < 1.29 is 9.66 Å². The second kappa shape index (κ2) is 8.14. The Kier molecular flexibility index (Phi) is 5.47. The number of nitrogens with one attached hydrogen (secondary N) is 1. The molecule has 0 bridgehead atoms. The predicted octanol–water partition coefficient (Wildman–Crippen LogP) is 5.45. The van der Waals surface area contributed by atoms with E-state index in [2.05, 4.69) is 24.4 Å². The molecule has 0 aliphatic carbocycles. The monoisotopic (exact) mass is 361 g/mol. The number of ether oxygens (including phenoxy) is 1. The molecular weight excluding hydrogens is 342 g/mol. The van der Waals surface area contributed by atoms with Crippen molar-refractivity contribution in [3.63, 3.8) is 0 Å². The maximum Gasteiger partial charge on any atom is 0.271 e. The summed E-state index contributed by atoms with van der Waals surface area (Å²) in [5.74, 6) is 1.54. The molecule has 0 radical (unpaired) electrons. The number of hydrazone groups is 1. The average molecular weight is 361 g/mol. The molecule has 6 heteroatoms. The van der Waals surface area contributed by atoms with Gasteiger partial charge in [-0.25, -0.2) is 0 Å². The van der Waals surface area contributed by atoms with Crippen molar-refractivity contribution in [2.24, 2.45) is 5.10 Å². The zero-order chi connectivity index (χ0) is 19.2. The average Bonchev–Trinajstić information content (AvgIpc) is 2.66. The number of hydrogen-bond donors (Lipinski definition) is 1. The normalized spacial score (nSPS) is 10.7. The molecule has 0 spiro atoms. The van der Waals surface area contributed by atoms with Gasteiger partial charge in [0.2, 0.25) is 0 Å².